The van der Waals surface area contributed by atoms with Crippen molar-refractivity contribution in [1.29, 1.82) is 0 Å². The third kappa shape index (κ3) is 9.57. The van der Waals surface area contributed by atoms with Crippen molar-refractivity contribution in [2.24, 2.45) is 17.6 Å². The predicted molar refractivity (Wildman–Crippen MR) is 150 cm³/mol. The van der Waals surface area contributed by atoms with Gasteiger partial charge in [-0.25, -0.2) is 0 Å². The molecule has 1 heterocycles. The van der Waals surface area contributed by atoms with Crippen LogP contribution in [0.1, 0.15) is 37.7 Å². The molecule has 0 aliphatic heterocycles. The first kappa shape index (κ1) is 28.9. The maximum Gasteiger partial charge on any atom is 0.233 e. The van der Waals surface area contributed by atoms with Crippen molar-refractivity contribution < 1.29 is 19.4 Å². The van der Waals surface area contributed by atoms with Crippen LogP contribution in [-0.4, -0.2) is 84.7 Å². The molecular weight excluding hydrogens is 500 g/mol. The summed E-state index contributed by atoms with van der Waals surface area (Å²) in [5.41, 5.74) is 7.06. The first-order valence-corrected chi connectivity index (χ1v) is 14.0. The molecule has 0 spiro atoms. The van der Waals surface area contributed by atoms with Crippen LogP contribution in [0.4, 0.5) is 23.5 Å². The Morgan fingerprint density at radius 2 is 1.72 bits per heavy atom. The van der Waals surface area contributed by atoms with E-state index in [2.05, 4.69) is 36.2 Å². The minimum Gasteiger partial charge on any atom is -0.396 e. The topological polar surface area (TPSA) is 169 Å². The van der Waals surface area contributed by atoms with Crippen LogP contribution in [0.5, 0.6) is 0 Å². The second-order valence-electron chi connectivity index (χ2n) is 10.1. The van der Waals surface area contributed by atoms with Crippen molar-refractivity contribution in [3.05, 3.63) is 29.8 Å². The number of benzene rings is 1. The second-order valence-corrected chi connectivity index (χ2v) is 10.1. The monoisotopic (exact) mass is 542 g/mol. The van der Waals surface area contributed by atoms with Gasteiger partial charge in [0.1, 0.15) is 0 Å². The smallest absolute Gasteiger partial charge is 0.233 e. The molecule has 12 nitrogen and oxygen atoms in total. The van der Waals surface area contributed by atoms with Gasteiger partial charge in [-0.1, -0.05) is 18.6 Å². The molecule has 7 N–H and O–H groups in total. The molecule has 4 rings (SSSR count). The molecule has 2 aromatic rings. The van der Waals surface area contributed by atoms with Gasteiger partial charge in [0.05, 0.1) is 32.8 Å². The molecule has 2 saturated carbocycles. The maximum atomic E-state index is 12.3. The fourth-order valence-corrected chi connectivity index (χ4v) is 5.19. The largest absolute Gasteiger partial charge is 0.396 e. The summed E-state index contributed by atoms with van der Waals surface area (Å²) < 4.78 is 10.7. The van der Waals surface area contributed by atoms with E-state index in [1.165, 1.54) is 25.7 Å². The van der Waals surface area contributed by atoms with Crippen LogP contribution in [0.2, 0.25) is 0 Å². The van der Waals surface area contributed by atoms with Crippen LogP contribution in [0.15, 0.2) is 24.3 Å². The van der Waals surface area contributed by atoms with E-state index < -0.39 is 0 Å². The molecule has 0 radical (unpaired) electrons. The van der Waals surface area contributed by atoms with E-state index in [1.54, 1.807) is 0 Å². The minimum absolute atomic E-state index is 0.0638. The van der Waals surface area contributed by atoms with Gasteiger partial charge >= 0.3 is 0 Å². The van der Waals surface area contributed by atoms with Gasteiger partial charge in [0, 0.05) is 38.0 Å². The number of amides is 1. The summed E-state index contributed by atoms with van der Waals surface area (Å²) in [4.78, 5) is 25.9. The van der Waals surface area contributed by atoms with Gasteiger partial charge in [0.15, 0.2) is 0 Å². The Bertz CT molecular complexity index is 1030. The van der Waals surface area contributed by atoms with Crippen LogP contribution in [-0.2, 0) is 20.7 Å². The molecule has 0 saturated heterocycles. The van der Waals surface area contributed by atoms with E-state index in [0.717, 1.165) is 17.2 Å². The lowest BCUT2D eigenvalue weighted by atomic mass is 9.95. The zero-order valence-corrected chi connectivity index (χ0v) is 22.5. The Morgan fingerprint density at radius 3 is 2.44 bits per heavy atom. The number of nitrogens with one attached hydrogen (secondary N) is 4. The van der Waals surface area contributed by atoms with Crippen molar-refractivity contribution in [2.45, 2.75) is 44.6 Å². The molecule has 2 bridgehead atoms. The quantitative estimate of drug-likeness (QED) is 0.152. The van der Waals surface area contributed by atoms with E-state index in [9.17, 15) is 4.79 Å². The normalized spacial score (nSPS) is 19.7. The highest BCUT2D eigenvalue weighted by Crippen LogP contribution is 2.45. The number of carbonyl (C=O) groups excluding carboxylic acids is 1. The molecule has 2 fully saturated rings. The number of fused-ring (bicyclic) bond motifs is 2. The lowest BCUT2D eigenvalue weighted by Crippen LogP contribution is -2.29. The molecule has 3 unspecified atom stereocenters. The number of anilines is 4. The number of hydrogen-bond donors (Lipinski definition) is 6. The number of rotatable bonds is 18. The number of aromatic nitrogens is 3. The van der Waals surface area contributed by atoms with Gasteiger partial charge in [-0.2, -0.15) is 15.0 Å². The van der Waals surface area contributed by atoms with E-state index in [-0.39, 0.29) is 18.9 Å². The van der Waals surface area contributed by atoms with Gasteiger partial charge in [0.25, 0.3) is 0 Å². The van der Waals surface area contributed by atoms with E-state index in [1.807, 2.05) is 24.3 Å². The lowest BCUT2D eigenvalue weighted by Gasteiger charge is -2.23. The fourth-order valence-electron chi connectivity index (χ4n) is 5.19. The average molecular weight is 543 g/mol. The van der Waals surface area contributed by atoms with Crippen molar-refractivity contribution in [2.75, 3.05) is 68.6 Å². The molecule has 1 aromatic heterocycles. The fraction of sp³-hybridized carbons (Fsp3) is 0.630. The SMILES string of the molecule is NCCOCCOCCNC(=O)Cc1ccc(Nc2nc(NCCCO)nc(NC3CC4CCC3C4)n2)cc1. The van der Waals surface area contributed by atoms with Crippen LogP contribution in [0, 0.1) is 11.8 Å². The summed E-state index contributed by atoms with van der Waals surface area (Å²) in [6.07, 6.45) is 5.94. The van der Waals surface area contributed by atoms with Crippen molar-refractivity contribution in [3.63, 3.8) is 0 Å². The van der Waals surface area contributed by atoms with Crippen molar-refractivity contribution in [3.8, 4) is 0 Å². The molecule has 1 aromatic carbocycles. The molecule has 39 heavy (non-hydrogen) atoms. The maximum absolute atomic E-state index is 12.3. The van der Waals surface area contributed by atoms with Crippen molar-refractivity contribution >= 4 is 29.4 Å². The highest BCUT2D eigenvalue weighted by Gasteiger charge is 2.39. The number of nitrogens with two attached hydrogens (primary N) is 1. The summed E-state index contributed by atoms with van der Waals surface area (Å²) >= 11 is 0. The first-order valence-electron chi connectivity index (χ1n) is 14.0. The molecule has 214 valence electrons. The summed E-state index contributed by atoms with van der Waals surface area (Å²) in [6, 6.07) is 8.01. The summed E-state index contributed by atoms with van der Waals surface area (Å²) in [5, 5.41) is 21.9. The number of ether oxygens (including phenoxy) is 2. The van der Waals surface area contributed by atoms with E-state index in [4.69, 9.17) is 20.3 Å². The molecule has 12 heteroatoms. The molecule has 2 aliphatic carbocycles. The van der Waals surface area contributed by atoms with Gasteiger partial charge < -0.3 is 41.6 Å². The van der Waals surface area contributed by atoms with Crippen LogP contribution in [0.3, 0.4) is 0 Å². The standard InChI is InChI=1S/C27H42N8O4/c28-8-12-38-14-15-39-13-10-29-24(37)18-19-3-6-22(7-4-19)31-26-33-25(30-9-1-11-36)34-27(35-26)32-23-17-20-2-5-21(23)16-20/h3-4,6-7,20-21,23,36H,1-2,5,8-18,28H2,(H,29,37)(H3,30,31,32,33,34,35). The average Bonchev–Trinajstić information content (AvgIpc) is 3.55. The summed E-state index contributed by atoms with van der Waals surface area (Å²) in [5.74, 6) is 2.89. The van der Waals surface area contributed by atoms with Gasteiger partial charge in [0.2, 0.25) is 23.8 Å². The summed E-state index contributed by atoms with van der Waals surface area (Å²) in [7, 11) is 0. The third-order valence-electron chi connectivity index (χ3n) is 7.08. The van der Waals surface area contributed by atoms with Gasteiger partial charge in [-0.3, -0.25) is 4.79 Å². The van der Waals surface area contributed by atoms with E-state index >= 15 is 0 Å². The Labute approximate surface area is 229 Å². The highest BCUT2D eigenvalue weighted by molar-refractivity contribution is 5.78. The molecular formula is C27H42N8O4. The number of aliphatic hydroxyl groups excluding tert-OH is 1. The van der Waals surface area contributed by atoms with E-state index in [0.29, 0.717) is 82.3 Å². The third-order valence-corrected chi connectivity index (χ3v) is 7.08. The molecule has 2 aliphatic rings. The lowest BCUT2D eigenvalue weighted by molar-refractivity contribution is -0.120. The Balaban J connectivity index is 1.26. The predicted octanol–water partition coefficient (Wildman–Crippen LogP) is 1.66. The van der Waals surface area contributed by atoms with Gasteiger partial charge in [-0.05, 0) is 55.2 Å². The Kier molecular flexibility index (Phi) is 11.5. The van der Waals surface area contributed by atoms with Gasteiger partial charge in [-0.15, -0.1) is 0 Å². The number of carbonyl (C=O) groups is 1. The zero-order chi connectivity index (χ0) is 27.3. The van der Waals surface area contributed by atoms with Crippen LogP contribution >= 0.6 is 0 Å². The van der Waals surface area contributed by atoms with Crippen molar-refractivity contribution in [1.82, 2.24) is 20.3 Å². The van der Waals surface area contributed by atoms with Crippen LogP contribution in [0.25, 0.3) is 0 Å². The molecule has 1 amide bonds. The molecule has 3 atom stereocenters. The number of aliphatic hydroxyl groups is 1. The Hall–Kier alpha value is -3.06. The highest BCUT2D eigenvalue weighted by atomic mass is 16.5. The first-order chi connectivity index (χ1) is 19.1. The zero-order valence-electron chi connectivity index (χ0n) is 22.5. The number of hydrogen-bond acceptors (Lipinski definition) is 11. The summed E-state index contributed by atoms with van der Waals surface area (Å²) in [6.45, 7) is 3.54. The second kappa shape index (κ2) is 15.5. The number of nitrogens with zero attached hydrogens (tertiary/aromatic N) is 3. The minimum atomic E-state index is -0.0638. The Morgan fingerprint density at radius 1 is 0.949 bits per heavy atom. The van der Waals surface area contributed by atoms with Crippen LogP contribution < -0.4 is 27.0 Å².